The molecule has 4 aromatic rings. The zero-order valence-corrected chi connectivity index (χ0v) is 23.1. The summed E-state index contributed by atoms with van der Waals surface area (Å²) in [6.45, 7) is 6.69. The van der Waals surface area contributed by atoms with Crippen molar-refractivity contribution < 1.29 is 9.47 Å². The molecule has 0 spiro atoms. The Morgan fingerprint density at radius 3 is 2.57 bits per heavy atom. The SMILES string of the molecule is CCc1nc2ccccc2n1-c1nc(N2CCOCC2)c2nc(C3(OC)CCCNC3)n(C)c2n1.Cl.Cl. The molecule has 0 amide bonds. The molecule has 1 aromatic carbocycles. The summed E-state index contributed by atoms with van der Waals surface area (Å²) in [6.07, 6.45) is 2.72. The second-order valence-corrected chi connectivity index (χ2v) is 9.30. The number of benzene rings is 1. The smallest absolute Gasteiger partial charge is 0.239 e. The van der Waals surface area contributed by atoms with Crippen LogP contribution in [0.2, 0.25) is 0 Å². The number of morpholine rings is 1. The normalized spacial score (nSPS) is 20.1. The lowest BCUT2D eigenvalue weighted by atomic mass is 9.93. The average molecular weight is 550 g/mol. The van der Waals surface area contributed by atoms with Crippen molar-refractivity contribution in [2.75, 3.05) is 51.4 Å². The van der Waals surface area contributed by atoms with E-state index in [1.807, 2.05) is 25.2 Å². The fraction of sp³-hybridized carbons (Fsp3) is 0.520. The summed E-state index contributed by atoms with van der Waals surface area (Å²) in [5, 5.41) is 3.49. The molecule has 0 aliphatic carbocycles. The molecular formula is C25H34Cl2N8O2. The lowest BCUT2D eigenvalue weighted by Crippen LogP contribution is -2.46. The molecule has 6 rings (SSSR count). The van der Waals surface area contributed by atoms with E-state index in [2.05, 4.69) is 32.3 Å². The van der Waals surface area contributed by atoms with Crippen LogP contribution in [0.5, 0.6) is 0 Å². The predicted octanol–water partition coefficient (Wildman–Crippen LogP) is 3.17. The molecule has 3 aromatic heterocycles. The molecule has 200 valence electrons. The Balaban J connectivity index is 0.00000160. The number of ether oxygens (including phenoxy) is 2. The molecule has 2 aliphatic heterocycles. The van der Waals surface area contributed by atoms with Crippen LogP contribution in [0.1, 0.15) is 31.4 Å². The minimum atomic E-state index is -0.494. The molecule has 0 bridgehead atoms. The number of para-hydroxylation sites is 2. The molecular weight excluding hydrogens is 515 g/mol. The monoisotopic (exact) mass is 548 g/mol. The topological polar surface area (TPSA) is 95.2 Å². The van der Waals surface area contributed by atoms with E-state index in [0.717, 1.165) is 85.1 Å². The first-order valence-electron chi connectivity index (χ1n) is 12.5. The lowest BCUT2D eigenvalue weighted by molar-refractivity contribution is -0.0419. The third-order valence-corrected chi connectivity index (χ3v) is 7.29. The summed E-state index contributed by atoms with van der Waals surface area (Å²) in [5.74, 6) is 3.28. The highest BCUT2D eigenvalue weighted by Crippen LogP contribution is 2.35. The van der Waals surface area contributed by atoms with Crippen molar-refractivity contribution >= 4 is 52.8 Å². The van der Waals surface area contributed by atoms with Gasteiger partial charge in [-0.15, -0.1) is 24.8 Å². The third kappa shape index (κ3) is 4.55. The molecule has 0 radical (unpaired) electrons. The van der Waals surface area contributed by atoms with E-state index < -0.39 is 5.60 Å². The molecule has 1 unspecified atom stereocenters. The minimum absolute atomic E-state index is 0. The van der Waals surface area contributed by atoms with E-state index in [9.17, 15) is 0 Å². The van der Waals surface area contributed by atoms with Crippen molar-refractivity contribution in [3.63, 3.8) is 0 Å². The van der Waals surface area contributed by atoms with Crippen LogP contribution < -0.4 is 10.2 Å². The summed E-state index contributed by atoms with van der Waals surface area (Å²) in [7, 11) is 3.81. The first kappa shape index (κ1) is 27.5. The molecule has 2 saturated heterocycles. The molecule has 2 aliphatic rings. The van der Waals surface area contributed by atoms with E-state index in [1.165, 1.54) is 0 Å². The summed E-state index contributed by atoms with van der Waals surface area (Å²) >= 11 is 0. The summed E-state index contributed by atoms with van der Waals surface area (Å²) in [4.78, 5) is 22.5. The highest BCUT2D eigenvalue weighted by atomic mass is 35.5. The minimum Gasteiger partial charge on any atom is -0.378 e. The van der Waals surface area contributed by atoms with Crippen molar-refractivity contribution in [3.05, 3.63) is 35.9 Å². The highest BCUT2D eigenvalue weighted by molar-refractivity contribution is 5.86. The van der Waals surface area contributed by atoms with E-state index >= 15 is 0 Å². The first-order chi connectivity index (χ1) is 17.1. The number of hydrogen-bond donors (Lipinski definition) is 1. The first-order valence-corrected chi connectivity index (χ1v) is 12.5. The van der Waals surface area contributed by atoms with Gasteiger partial charge in [0.1, 0.15) is 17.2 Å². The number of rotatable bonds is 5. The second kappa shape index (κ2) is 11.1. The van der Waals surface area contributed by atoms with Gasteiger partial charge in [0, 0.05) is 40.2 Å². The Morgan fingerprint density at radius 1 is 1.08 bits per heavy atom. The fourth-order valence-corrected chi connectivity index (χ4v) is 5.41. The summed E-state index contributed by atoms with van der Waals surface area (Å²) in [6, 6.07) is 8.15. The zero-order chi connectivity index (χ0) is 24.0. The lowest BCUT2D eigenvalue weighted by Gasteiger charge is -2.35. The zero-order valence-electron chi connectivity index (χ0n) is 21.4. The maximum Gasteiger partial charge on any atom is 0.239 e. The largest absolute Gasteiger partial charge is 0.378 e. The Bertz CT molecular complexity index is 1380. The second-order valence-electron chi connectivity index (χ2n) is 9.30. The van der Waals surface area contributed by atoms with Crippen molar-refractivity contribution in [2.45, 2.75) is 31.8 Å². The van der Waals surface area contributed by atoms with Gasteiger partial charge in [-0.2, -0.15) is 9.97 Å². The van der Waals surface area contributed by atoms with Crippen molar-refractivity contribution in [2.24, 2.45) is 7.05 Å². The van der Waals surface area contributed by atoms with Gasteiger partial charge >= 0.3 is 0 Å². The fourth-order valence-electron chi connectivity index (χ4n) is 5.41. The number of aryl methyl sites for hydroxylation is 2. The van der Waals surface area contributed by atoms with Crippen LogP contribution in [-0.4, -0.2) is 75.6 Å². The Morgan fingerprint density at radius 2 is 1.86 bits per heavy atom. The summed E-state index contributed by atoms with van der Waals surface area (Å²) < 4.78 is 15.9. The van der Waals surface area contributed by atoms with E-state index in [1.54, 1.807) is 7.11 Å². The van der Waals surface area contributed by atoms with E-state index in [0.29, 0.717) is 19.2 Å². The molecule has 0 saturated carbocycles. The molecule has 2 fully saturated rings. The Labute approximate surface area is 228 Å². The maximum atomic E-state index is 6.11. The van der Waals surface area contributed by atoms with Gasteiger partial charge in [-0.25, -0.2) is 9.97 Å². The van der Waals surface area contributed by atoms with Gasteiger partial charge in [-0.1, -0.05) is 19.1 Å². The number of aromatic nitrogens is 6. The molecule has 5 heterocycles. The van der Waals surface area contributed by atoms with Crippen LogP contribution in [0.15, 0.2) is 24.3 Å². The van der Waals surface area contributed by atoms with Gasteiger partial charge in [0.2, 0.25) is 5.95 Å². The van der Waals surface area contributed by atoms with Crippen LogP contribution in [0.4, 0.5) is 5.82 Å². The predicted molar refractivity (Wildman–Crippen MR) is 149 cm³/mol. The van der Waals surface area contributed by atoms with Gasteiger partial charge in [0.15, 0.2) is 17.0 Å². The molecule has 12 heteroatoms. The third-order valence-electron chi connectivity index (χ3n) is 7.29. The van der Waals surface area contributed by atoms with E-state index in [-0.39, 0.29) is 24.8 Å². The number of hydrogen-bond acceptors (Lipinski definition) is 8. The number of halogens is 2. The number of methoxy groups -OCH3 is 1. The number of piperidine rings is 1. The van der Waals surface area contributed by atoms with Crippen molar-refractivity contribution in [1.29, 1.82) is 0 Å². The van der Waals surface area contributed by atoms with Crippen LogP contribution in [0, 0.1) is 0 Å². The van der Waals surface area contributed by atoms with Crippen LogP contribution in [-0.2, 0) is 28.5 Å². The Hall–Kier alpha value is -2.50. The van der Waals surface area contributed by atoms with Gasteiger partial charge in [-0.3, -0.25) is 4.57 Å². The molecule has 10 nitrogen and oxygen atoms in total. The maximum absolute atomic E-state index is 6.11. The quantitative estimate of drug-likeness (QED) is 0.406. The average Bonchev–Trinajstić information content (AvgIpc) is 3.47. The number of imidazole rings is 2. The van der Waals surface area contributed by atoms with Gasteiger partial charge in [0.05, 0.1) is 24.2 Å². The Kier molecular flexibility index (Phi) is 8.25. The van der Waals surface area contributed by atoms with Gasteiger partial charge in [0.25, 0.3) is 0 Å². The molecule has 1 atom stereocenters. The van der Waals surface area contributed by atoms with Gasteiger partial charge in [-0.05, 0) is 31.5 Å². The molecule has 37 heavy (non-hydrogen) atoms. The number of anilines is 1. The van der Waals surface area contributed by atoms with Gasteiger partial charge < -0.3 is 24.3 Å². The van der Waals surface area contributed by atoms with Crippen LogP contribution in [0.3, 0.4) is 0 Å². The summed E-state index contributed by atoms with van der Waals surface area (Å²) in [5.41, 5.74) is 3.06. The number of fused-ring (bicyclic) bond motifs is 2. The van der Waals surface area contributed by atoms with Crippen molar-refractivity contribution in [1.82, 2.24) is 34.4 Å². The number of nitrogens with one attached hydrogen (secondary N) is 1. The number of nitrogens with zero attached hydrogens (tertiary/aromatic N) is 7. The van der Waals surface area contributed by atoms with E-state index in [4.69, 9.17) is 29.4 Å². The highest BCUT2D eigenvalue weighted by Gasteiger charge is 2.39. The standard InChI is InChI=1S/C25H32N8O2.2ClH/c1-4-19-27-17-8-5-6-9-18(17)33(19)24-29-21-20(22(30-24)32-12-14-35-15-13-32)28-23(31(21)2)25(34-3)10-7-11-26-16-25;;/h5-6,8-9,26H,4,7,10-16H2,1-3H3;2*1H. The molecule has 1 N–H and O–H groups in total. The van der Waals surface area contributed by atoms with Crippen LogP contribution >= 0.6 is 24.8 Å². The van der Waals surface area contributed by atoms with Crippen molar-refractivity contribution in [3.8, 4) is 5.95 Å². The van der Waals surface area contributed by atoms with Crippen LogP contribution in [0.25, 0.3) is 28.1 Å².